The number of hydrogen-bond acceptors (Lipinski definition) is 2. The number of benzene rings is 1. The first-order valence-corrected chi connectivity index (χ1v) is 5.93. The van der Waals surface area contributed by atoms with E-state index >= 15 is 0 Å². The van der Waals surface area contributed by atoms with Gasteiger partial charge in [-0.15, -0.1) is 0 Å². The number of rotatable bonds is 2. The smallest absolute Gasteiger partial charge is 0.312 e. The zero-order valence-corrected chi connectivity index (χ0v) is 9.50. The van der Waals surface area contributed by atoms with E-state index in [4.69, 9.17) is 0 Å². The van der Waals surface area contributed by atoms with Crippen LogP contribution in [0.5, 0.6) is 0 Å². The molecule has 0 radical (unpaired) electrons. The zero-order chi connectivity index (χ0) is 11.8. The molecule has 2 heterocycles. The summed E-state index contributed by atoms with van der Waals surface area (Å²) in [5.74, 6) is -0.0312. The lowest BCUT2D eigenvalue weighted by Crippen LogP contribution is -2.32. The maximum absolute atomic E-state index is 12.1. The number of hydrogen-bond donors (Lipinski definition) is 0. The molecule has 88 valence electrons. The van der Waals surface area contributed by atoms with Crippen molar-refractivity contribution in [3.05, 3.63) is 35.9 Å². The average Bonchev–Trinajstić information content (AvgIpc) is 2.91. The standard InChI is InChI=1S/C13H14N2O2/c16-12-11-7-4-8-14(11)13(17)15(12)9-10-5-2-1-3-6-10/h1-3,5-6,11H,4,7-9H2. The van der Waals surface area contributed by atoms with Gasteiger partial charge in [-0.2, -0.15) is 0 Å². The first-order chi connectivity index (χ1) is 8.27. The number of carbonyl (C=O) groups is 2. The molecular weight excluding hydrogens is 216 g/mol. The maximum Gasteiger partial charge on any atom is 0.327 e. The molecule has 2 aliphatic heterocycles. The van der Waals surface area contributed by atoms with Crippen LogP contribution < -0.4 is 0 Å². The Bertz CT molecular complexity index is 436. The topological polar surface area (TPSA) is 40.6 Å². The van der Waals surface area contributed by atoms with Crippen molar-refractivity contribution < 1.29 is 9.59 Å². The monoisotopic (exact) mass is 230 g/mol. The molecule has 3 rings (SSSR count). The molecule has 4 nitrogen and oxygen atoms in total. The second-order valence-corrected chi connectivity index (χ2v) is 4.54. The molecule has 1 aromatic rings. The van der Waals surface area contributed by atoms with Crippen molar-refractivity contribution in [1.29, 1.82) is 0 Å². The van der Waals surface area contributed by atoms with Crippen LogP contribution in [-0.4, -0.2) is 34.3 Å². The van der Waals surface area contributed by atoms with Crippen LogP contribution in [0.1, 0.15) is 18.4 Å². The molecule has 0 aliphatic carbocycles. The predicted octanol–water partition coefficient (Wildman–Crippen LogP) is 1.61. The summed E-state index contributed by atoms with van der Waals surface area (Å²) < 4.78 is 0. The van der Waals surface area contributed by atoms with Crippen molar-refractivity contribution in [2.24, 2.45) is 0 Å². The fourth-order valence-corrected chi connectivity index (χ4v) is 2.59. The van der Waals surface area contributed by atoms with Crippen molar-refractivity contribution in [3.8, 4) is 0 Å². The molecular formula is C13H14N2O2. The van der Waals surface area contributed by atoms with E-state index in [0.717, 1.165) is 24.9 Å². The Morgan fingerprint density at radius 1 is 1.18 bits per heavy atom. The molecule has 1 unspecified atom stereocenters. The van der Waals surface area contributed by atoms with Crippen LogP contribution in [-0.2, 0) is 11.3 Å². The van der Waals surface area contributed by atoms with Gasteiger partial charge >= 0.3 is 6.03 Å². The summed E-state index contributed by atoms with van der Waals surface area (Å²) in [5.41, 5.74) is 0.996. The Morgan fingerprint density at radius 2 is 1.94 bits per heavy atom. The third kappa shape index (κ3) is 1.60. The summed E-state index contributed by atoms with van der Waals surface area (Å²) in [6.07, 6.45) is 1.76. The van der Waals surface area contributed by atoms with Gasteiger partial charge in [0.15, 0.2) is 0 Å². The van der Waals surface area contributed by atoms with E-state index in [1.54, 1.807) is 4.90 Å². The highest BCUT2D eigenvalue weighted by atomic mass is 16.2. The van der Waals surface area contributed by atoms with E-state index in [1.165, 1.54) is 4.90 Å². The van der Waals surface area contributed by atoms with Crippen LogP contribution in [0.25, 0.3) is 0 Å². The Labute approximate surface area is 99.8 Å². The number of urea groups is 1. The first-order valence-electron chi connectivity index (χ1n) is 5.93. The number of imide groups is 1. The van der Waals surface area contributed by atoms with Crippen LogP contribution >= 0.6 is 0 Å². The fourth-order valence-electron chi connectivity index (χ4n) is 2.59. The third-order valence-electron chi connectivity index (χ3n) is 3.46. The number of carbonyl (C=O) groups excluding carboxylic acids is 2. The van der Waals surface area contributed by atoms with Gasteiger partial charge in [-0.1, -0.05) is 30.3 Å². The van der Waals surface area contributed by atoms with E-state index in [2.05, 4.69) is 0 Å². The van der Waals surface area contributed by atoms with Gasteiger partial charge in [0.05, 0.1) is 6.54 Å². The summed E-state index contributed by atoms with van der Waals surface area (Å²) in [4.78, 5) is 27.2. The summed E-state index contributed by atoms with van der Waals surface area (Å²) in [6.45, 7) is 1.12. The second-order valence-electron chi connectivity index (χ2n) is 4.54. The van der Waals surface area contributed by atoms with Gasteiger partial charge in [-0.3, -0.25) is 9.69 Å². The Morgan fingerprint density at radius 3 is 2.65 bits per heavy atom. The van der Waals surface area contributed by atoms with Crippen LogP contribution in [0.2, 0.25) is 0 Å². The Kier molecular flexibility index (Phi) is 2.35. The molecule has 2 saturated heterocycles. The molecule has 4 heteroatoms. The maximum atomic E-state index is 12.1. The van der Waals surface area contributed by atoms with Crippen LogP contribution in [0, 0.1) is 0 Å². The molecule has 0 spiro atoms. The fraction of sp³-hybridized carbons (Fsp3) is 0.385. The van der Waals surface area contributed by atoms with E-state index in [-0.39, 0.29) is 18.0 Å². The summed E-state index contributed by atoms with van der Waals surface area (Å²) in [6, 6.07) is 9.32. The van der Waals surface area contributed by atoms with E-state index < -0.39 is 0 Å². The number of nitrogens with zero attached hydrogens (tertiary/aromatic N) is 2. The molecule has 2 aliphatic rings. The minimum Gasteiger partial charge on any atom is -0.312 e. The Hall–Kier alpha value is -1.84. The van der Waals surface area contributed by atoms with Crippen LogP contribution in [0.4, 0.5) is 4.79 Å². The van der Waals surface area contributed by atoms with E-state index in [0.29, 0.717) is 6.54 Å². The summed E-state index contributed by atoms with van der Waals surface area (Å²) >= 11 is 0. The van der Waals surface area contributed by atoms with Crippen molar-refractivity contribution >= 4 is 11.9 Å². The number of fused-ring (bicyclic) bond motifs is 1. The predicted molar refractivity (Wildman–Crippen MR) is 62.1 cm³/mol. The Balaban J connectivity index is 1.81. The minimum absolute atomic E-state index is 0.0312. The normalized spacial score (nSPS) is 23.4. The van der Waals surface area contributed by atoms with Crippen molar-refractivity contribution in [2.45, 2.75) is 25.4 Å². The lowest BCUT2D eigenvalue weighted by molar-refractivity contribution is -0.128. The quantitative estimate of drug-likeness (QED) is 0.724. The van der Waals surface area contributed by atoms with Crippen molar-refractivity contribution in [2.75, 3.05) is 6.54 Å². The molecule has 0 aromatic heterocycles. The molecule has 1 atom stereocenters. The summed E-state index contributed by atoms with van der Waals surface area (Å²) in [7, 11) is 0. The number of amides is 3. The van der Waals surface area contributed by atoms with Gasteiger partial charge in [0, 0.05) is 6.54 Å². The van der Waals surface area contributed by atoms with Gasteiger partial charge < -0.3 is 4.90 Å². The van der Waals surface area contributed by atoms with Gasteiger partial charge in [-0.25, -0.2) is 4.79 Å². The zero-order valence-electron chi connectivity index (χ0n) is 9.50. The van der Waals surface area contributed by atoms with Gasteiger partial charge in [0.1, 0.15) is 6.04 Å². The van der Waals surface area contributed by atoms with Gasteiger partial charge in [-0.05, 0) is 18.4 Å². The van der Waals surface area contributed by atoms with E-state index in [9.17, 15) is 9.59 Å². The van der Waals surface area contributed by atoms with E-state index in [1.807, 2.05) is 30.3 Å². The molecule has 3 amide bonds. The minimum atomic E-state index is -0.189. The van der Waals surface area contributed by atoms with Gasteiger partial charge in [0.2, 0.25) is 0 Å². The van der Waals surface area contributed by atoms with Crippen molar-refractivity contribution in [3.63, 3.8) is 0 Å². The highest BCUT2D eigenvalue weighted by Crippen LogP contribution is 2.28. The SMILES string of the molecule is O=C1C2CCCN2C(=O)N1Cc1ccccc1. The molecule has 0 saturated carbocycles. The third-order valence-corrected chi connectivity index (χ3v) is 3.46. The molecule has 0 N–H and O–H groups in total. The first kappa shape index (κ1) is 10.3. The molecule has 0 bridgehead atoms. The lowest BCUT2D eigenvalue weighted by Gasteiger charge is -2.15. The highest BCUT2D eigenvalue weighted by molar-refractivity contribution is 6.04. The molecule has 2 fully saturated rings. The lowest BCUT2D eigenvalue weighted by atomic mass is 10.2. The highest BCUT2D eigenvalue weighted by Gasteiger charge is 2.46. The van der Waals surface area contributed by atoms with Crippen LogP contribution in [0.3, 0.4) is 0 Å². The average molecular weight is 230 g/mol. The van der Waals surface area contributed by atoms with Crippen molar-refractivity contribution in [1.82, 2.24) is 9.80 Å². The van der Waals surface area contributed by atoms with Crippen LogP contribution in [0.15, 0.2) is 30.3 Å². The summed E-state index contributed by atoms with van der Waals surface area (Å²) in [5, 5.41) is 0. The molecule has 17 heavy (non-hydrogen) atoms. The largest absolute Gasteiger partial charge is 0.327 e. The second kappa shape index (κ2) is 3.87. The molecule has 1 aromatic carbocycles. The van der Waals surface area contributed by atoms with Gasteiger partial charge in [0.25, 0.3) is 5.91 Å².